The van der Waals surface area contributed by atoms with Crippen LogP contribution in [-0.4, -0.2) is 30.2 Å². The van der Waals surface area contributed by atoms with Crippen LogP contribution >= 0.6 is 11.6 Å². The molecule has 1 aromatic carbocycles. The van der Waals surface area contributed by atoms with Crippen molar-refractivity contribution in [2.75, 3.05) is 13.2 Å². The van der Waals surface area contributed by atoms with Crippen molar-refractivity contribution in [3.63, 3.8) is 0 Å². The molecular weight excluding hydrogens is 264 g/mol. The van der Waals surface area contributed by atoms with Crippen molar-refractivity contribution in [2.45, 2.75) is 37.1 Å². The van der Waals surface area contributed by atoms with E-state index >= 15 is 0 Å². The Morgan fingerprint density at radius 3 is 2.79 bits per heavy atom. The predicted octanol–water partition coefficient (Wildman–Crippen LogP) is 2.49. The second-order valence-corrected chi connectivity index (χ2v) is 6.22. The zero-order valence-electron chi connectivity index (χ0n) is 10.6. The van der Waals surface area contributed by atoms with Crippen LogP contribution in [0.5, 0.6) is 0 Å². The Labute approximate surface area is 117 Å². The van der Waals surface area contributed by atoms with E-state index < -0.39 is 11.9 Å². The molecule has 1 saturated heterocycles. The van der Waals surface area contributed by atoms with Crippen molar-refractivity contribution in [1.82, 2.24) is 0 Å². The normalized spacial score (nSPS) is 35.4. The summed E-state index contributed by atoms with van der Waals surface area (Å²) in [4.78, 5) is 0. The summed E-state index contributed by atoms with van der Waals surface area (Å²) in [7, 11) is 0. The van der Waals surface area contributed by atoms with E-state index in [9.17, 15) is 5.11 Å². The van der Waals surface area contributed by atoms with Gasteiger partial charge in [-0.15, -0.1) is 0 Å². The van der Waals surface area contributed by atoms with Crippen molar-refractivity contribution >= 4 is 11.6 Å². The maximum Gasteiger partial charge on any atom is 0.180 e. The van der Waals surface area contributed by atoms with Gasteiger partial charge in [0.15, 0.2) is 5.79 Å². The quantitative estimate of drug-likeness (QED) is 0.794. The van der Waals surface area contributed by atoms with Crippen LogP contribution in [0.4, 0.5) is 0 Å². The maximum absolute atomic E-state index is 10.5. The van der Waals surface area contributed by atoms with Gasteiger partial charge in [0.2, 0.25) is 0 Å². The molecule has 1 aliphatic heterocycles. The molecule has 0 unspecified atom stereocenters. The Morgan fingerprint density at radius 2 is 2.00 bits per heavy atom. The average Bonchev–Trinajstić information content (AvgIpc) is 2.84. The van der Waals surface area contributed by atoms with Gasteiger partial charge < -0.3 is 14.6 Å². The lowest BCUT2D eigenvalue weighted by Gasteiger charge is -2.51. The van der Waals surface area contributed by atoms with E-state index in [-0.39, 0.29) is 5.92 Å². The summed E-state index contributed by atoms with van der Waals surface area (Å²) < 4.78 is 12.0. The van der Waals surface area contributed by atoms with Gasteiger partial charge in [-0.2, -0.15) is 0 Å². The second kappa shape index (κ2) is 4.19. The number of halogens is 1. The summed E-state index contributed by atoms with van der Waals surface area (Å²) in [5.41, 5.74) is 2.39. The summed E-state index contributed by atoms with van der Waals surface area (Å²) in [5.74, 6) is -0.345. The minimum absolute atomic E-state index is 0.0743. The van der Waals surface area contributed by atoms with Crippen molar-refractivity contribution < 1.29 is 14.6 Å². The molecule has 19 heavy (non-hydrogen) atoms. The Morgan fingerprint density at radius 1 is 1.21 bits per heavy atom. The molecule has 3 nitrogen and oxygen atoms in total. The topological polar surface area (TPSA) is 38.7 Å². The number of benzene rings is 1. The molecule has 2 bridgehead atoms. The van der Waals surface area contributed by atoms with E-state index in [0.717, 1.165) is 29.8 Å². The van der Waals surface area contributed by atoms with Gasteiger partial charge in [0.25, 0.3) is 0 Å². The molecule has 3 aliphatic rings. The van der Waals surface area contributed by atoms with Gasteiger partial charge in [-0.25, -0.2) is 0 Å². The summed E-state index contributed by atoms with van der Waals surface area (Å²) in [6, 6.07) is 5.95. The van der Waals surface area contributed by atoms with Crippen LogP contribution in [-0.2, 0) is 15.9 Å². The Hall–Kier alpha value is -0.610. The molecule has 102 valence electrons. The van der Waals surface area contributed by atoms with E-state index in [1.54, 1.807) is 0 Å². The number of hydrogen-bond donors (Lipinski definition) is 1. The number of aliphatic hydroxyl groups excluding tert-OH is 1. The van der Waals surface area contributed by atoms with Crippen LogP contribution in [0, 0.1) is 5.92 Å². The fraction of sp³-hybridized carbons (Fsp3) is 0.600. The Kier molecular flexibility index (Phi) is 2.68. The van der Waals surface area contributed by atoms with E-state index in [4.69, 9.17) is 21.1 Å². The zero-order valence-corrected chi connectivity index (χ0v) is 11.4. The minimum atomic E-state index is -0.599. The average molecular weight is 281 g/mol. The van der Waals surface area contributed by atoms with E-state index in [0.29, 0.717) is 19.1 Å². The molecule has 4 rings (SSSR count). The predicted molar refractivity (Wildman–Crippen MR) is 71.3 cm³/mol. The van der Waals surface area contributed by atoms with Crippen molar-refractivity contribution in [2.24, 2.45) is 5.92 Å². The number of fused-ring (bicyclic) bond motifs is 2. The highest BCUT2D eigenvalue weighted by Crippen LogP contribution is 2.54. The lowest BCUT2D eigenvalue weighted by Crippen LogP contribution is -2.56. The lowest BCUT2D eigenvalue weighted by atomic mass is 9.63. The smallest absolute Gasteiger partial charge is 0.180 e. The number of aliphatic hydroxyl groups is 1. The molecule has 1 aromatic rings. The third-order valence-electron chi connectivity index (χ3n) is 4.84. The van der Waals surface area contributed by atoms with Crippen LogP contribution in [0.2, 0.25) is 5.02 Å². The van der Waals surface area contributed by atoms with Crippen LogP contribution in [0.15, 0.2) is 18.2 Å². The van der Waals surface area contributed by atoms with Crippen molar-refractivity contribution in [3.8, 4) is 0 Å². The lowest BCUT2D eigenvalue weighted by molar-refractivity contribution is -0.248. The molecule has 1 N–H and O–H groups in total. The third kappa shape index (κ3) is 1.62. The molecule has 2 fully saturated rings. The molecular formula is C15H17ClO3. The van der Waals surface area contributed by atoms with Crippen LogP contribution in [0.25, 0.3) is 0 Å². The highest BCUT2D eigenvalue weighted by atomic mass is 35.5. The molecule has 1 heterocycles. The summed E-state index contributed by atoms with van der Waals surface area (Å²) in [6.45, 7) is 1.26. The molecule has 0 amide bonds. The molecule has 1 saturated carbocycles. The number of ether oxygens (including phenoxy) is 2. The van der Waals surface area contributed by atoms with Crippen molar-refractivity contribution in [1.29, 1.82) is 0 Å². The first kappa shape index (κ1) is 12.2. The SMILES string of the molecule is O[C@@H]1CC[C@H]2Cc3cc(Cl)ccc3[C@@H]1C21OCCO1. The first-order valence-corrected chi connectivity index (χ1v) is 7.33. The Balaban J connectivity index is 1.88. The van der Waals surface area contributed by atoms with Gasteiger partial charge >= 0.3 is 0 Å². The van der Waals surface area contributed by atoms with Gasteiger partial charge in [0.1, 0.15) is 0 Å². The summed E-state index contributed by atoms with van der Waals surface area (Å²) in [5, 5.41) is 11.2. The molecule has 0 aromatic heterocycles. The van der Waals surface area contributed by atoms with Crippen LogP contribution in [0.3, 0.4) is 0 Å². The third-order valence-corrected chi connectivity index (χ3v) is 5.08. The fourth-order valence-corrected chi connectivity index (χ4v) is 4.30. The van der Waals surface area contributed by atoms with Gasteiger partial charge in [-0.3, -0.25) is 0 Å². The van der Waals surface area contributed by atoms with Gasteiger partial charge in [-0.1, -0.05) is 17.7 Å². The molecule has 0 radical (unpaired) electrons. The fourth-order valence-electron chi connectivity index (χ4n) is 4.11. The van der Waals surface area contributed by atoms with Gasteiger partial charge in [-0.05, 0) is 42.5 Å². The summed E-state index contributed by atoms with van der Waals surface area (Å²) in [6.07, 6.45) is 2.31. The molecule has 4 heteroatoms. The largest absolute Gasteiger partial charge is 0.392 e. The number of hydrogen-bond acceptors (Lipinski definition) is 3. The second-order valence-electron chi connectivity index (χ2n) is 5.78. The van der Waals surface area contributed by atoms with Gasteiger partial charge in [0.05, 0.1) is 25.2 Å². The number of rotatable bonds is 0. The molecule has 3 atom stereocenters. The highest BCUT2D eigenvalue weighted by Gasteiger charge is 2.58. The van der Waals surface area contributed by atoms with E-state index in [1.807, 2.05) is 18.2 Å². The molecule has 1 spiro atoms. The standard InChI is InChI=1S/C15H17ClO3/c16-11-2-3-12-9(8-11)7-10-1-4-13(17)14(12)15(10)18-5-6-19-15/h2-3,8,10,13-14,17H,1,4-7H2/t10-,13+,14-/m0/s1. The maximum atomic E-state index is 10.5. The highest BCUT2D eigenvalue weighted by molar-refractivity contribution is 6.30. The zero-order chi connectivity index (χ0) is 13.0. The van der Waals surface area contributed by atoms with E-state index in [2.05, 4.69) is 0 Å². The van der Waals surface area contributed by atoms with Crippen LogP contribution < -0.4 is 0 Å². The first-order chi connectivity index (χ1) is 9.21. The Bertz CT molecular complexity index is 510. The molecule has 2 aliphatic carbocycles. The van der Waals surface area contributed by atoms with E-state index in [1.165, 1.54) is 5.56 Å². The minimum Gasteiger partial charge on any atom is -0.392 e. The first-order valence-electron chi connectivity index (χ1n) is 6.95. The van der Waals surface area contributed by atoms with Gasteiger partial charge in [0, 0.05) is 10.9 Å². The van der Waals surface area contributed by atoms with Crippen LogP contribution in [0.1, 0.15) is 29.9 Å². The monoisotopic (exact) mass is 280 g/mol. The summed E-state index contributed by atoms with van der Waals surface area (Å²) >= 11 is 6.10. The van der Waals surface area contributed by atoms with Crippen molar-refractivity contribution in [3.05, 3.63) is 34.3 Å².